The molecule has 2 fully saturated rings. The van der Waals surface area contributed by atoms with Gasteiger partial charge in [0.15, 0.2) is 0 Å². The minimum atomic E-state index is -1.78. The van der Waals surface area contributed by atoms with Crippen LogP contribution < -0.4 is 10.2 Å². The molecule has 2 aliphatic heterocycles. The first-order chi connectivity index (χ1) is 18.6. The molecule has 0 bridgehead atoms. The highest BCUT2D eigenvalue weighted by Gasteiger charge is 2.47. The fourth-order valence-corrected chi connectivity index (χ4v) is 4.76. The lowest BCUT2D eigenvalue weighted by atomic mass is 9.89. The van der Waals surface area contributed by atoms with Crippen molar-refractivity contribution < 1.29 is 59.5 Å². The number of rotatable bonds is 5. The van der Waals surface area contributed by atoms with Gasteiger partial charge in [-0.15, -0.1) is 0 Å². The third kappa shape index (κ3) is 4.89. The van der Waals surface area contributed by atoms with Crippen LogP contribution in [0.2, 0.25) is 0 Å². The predicted molar refractivity (Wildman–Crippen MR) is 131 cm³/mol. The van der Waals surface area contributed by atoms with E-state index in [2.05, 4.69) is 0 Å². The zero-order valence-electron chi connectivity index (χ0n) is 20.3. The lowest BCUT2D eigenvalue weighted by Gasteiger charge is -2.41. The van der Waals surface area contributed by atoms with Gasteiger partial charge in [0, 0.05) is 0 Å². The van der Waals surface area contributed by atoms with Crippen molar-refractivity contribution in [1.29, 1.82) is 0 Å². The van der Waals surface area contributed by atoms with Crippen LogP contribution in [0, 0.1) is 0 Å². The molecule has 8 N–H and O–H groups in total. The summed E-state index contributed by atoms with van der Waals surface area (Å²) in [6.45, 7) is -1.08. The standard InChI is InChI=1S/C26H28O13/c27-7-16-20(32)21(33)22(34)25(38-16)17-15(39-26-23(35)19(31)14(29)9-37-26)6-5-12-18(30)13(8-36-24(12)17)10-1-3-11(28)4-2-10/h1-6,8,14,16,19-23,25-29,31-35H,7,9H2/t14-,16-,19+,20-,21+,22-,23-,25+,26?/m1/s1. The van der Waals surface area contributed by atoms with E-state index < -0.39 is 67.2 Å². The molecule has 0 amide bonds. The van der Waals surface area contributed by atoms with E-state index in [4.69, 9.17) is 18.6 Å². The summed E-state index contributed by atoms with van der Waals surface area (Å²) in [7, 11) is 0. The molecule has 3 aromatic rings. The molecular formula is C26H28O13. The van der Waals surface area contributed by atoms with Crippen LogP contribution in [-0.2, 0) is 9.47 Å². The first kappa shape index (κ1) is 27.5. The average Bonchev–Trinajstić information content (AvgIpc) is 2.93. The van der Waals surface area contributed by atoms with Crippen LogP contribution >= 0.6 is 0 Å². The van der Waals surface area contributed by atoms with Crippen molar-refractivity contribution in [2.75, 3.05) is 13.2 Å². The molecule has 39 heavy (non-hydrogen) atoms. The summed E-state index contributed by atoms with van der Waals surface area (Å²) in [6, 6.07) is 8.50. The summed E-state index contributed by atoms with van der Waals surface area (Å²) >= 11 is 0. The molecule has 2 saturated heterocycles. The number of phenols is 1. The number of fused-ring (bicyclic) bond motifs is 1. The van der Waals surface area contributed by atoms with Gasteiger partial charge >= 0.3 is 0 Å². The number of hydrogen-bond donors (Lipinski definition) is 8. The van der Waals surface area contributed by atoms with Gasteiger partial charge in [0.1, 0.15) is 72.2 Å². The summed E-state index contributed by atoms with van der Waals surface area (Å²) < 4.78 is 22.7. The van der Waals surface area contributed by atoms with Crippen molar-refractivity contribution in [1.82, 2.24) is 0 Å². The lowest BCUT2D eigenvalue weighted by molar-refractivity contribution is -0.244. The topological polar surface area (TPSA) is 220 Å². The fourth-order valence-electron chi connectivity index (χ4n) is 4.76. The van der Waals surface area contributed by atoms with Gasteiger partial charge in [0.2, 0.25) is 11.7 Å². The third-order valence-corrected chi connectivity index (χ3v) is 6.99. The molecule has 13 heteroatoms. The maximum Gasteiger partial charge on any atom is 0.228 e. The molecule has 1 unspecified atom stereocenters. The van der Waals surface area contributed by atoms with E-state index in [1.807, 2.05) is 0 Å². The van der Waals surface area contributed by atoms with Crippen LogP contribution in [0.3, 0.4) is 0 Å². The number of aromatic hydroxyl groups is 1. The number of benzene rings is 2. The van der Waals surface area contributed by atoms with Gasteiger partial charge in [-0.2, -0.15) is 0 Å². The third-order valence-electron chi connectivity index (χ3n) is 6.99. The highest BCUT2D eigenvalue weighted by molar-refractivity contribution is 5.86. The Kier molecular flexibility index (Phi) is 7.61. The molecule has 2 aromatic carbocycles. The van der Waals surface area contributed by atoms with E-state index in [0.29, 0.717) is 5.56 Å². The van der Waals surface area contributed by atoms with Crippen LogP contribution in [0.1, 0.15) is 11.7 Å². The van der Waals surface area contributed by atoms with Crippen molar-refractivity contribution in [2.24, 2.45) is 0 Å². The van der Waals surface area contributed by atoms with Gasteiger partial charge in [-0.05, 0) is 29.8 Å². The smallest absolute Gasteiger partial charge is 0.228 e. The Morgan fingerprint density at radius 2 is 1.59 bits per heavy atom. The molecule has 13 nitrogen and oxygen atoms in total. The molecule has 9 atom stereocenters. The van der Waals surface area contributed by atoms with Gasteiger partial charge in [0.05, 0.1) is 29.7 Å². The average molecular weight is 548 g/mol. The summed E-state index contributed by atoms with van der Waals surface area (Å²) in [4.78, 5) is 13.5. The Labute approximate surface area is 220 Å². The Morgan fingerprint density at radius 1 is 0.872 bits per heavy atom. The summed E-state index contributed by atoms with van der Waals surface area (Å²) in [5, 5.41) is 81.0. The van der Waals surface area contributed by atoms with E-state index in [1.54, 1.807) is 0 Å². The van der Waals surface area contributed by atoms with Gasteiger partial charge < -0.3 is 59.5 Å². The normalized spacial score (nSPS) is 33.3. The first-order valence-electron chi connectivity index (χ1n) is 12.1. The van der Waals surface area contributed by atoms with E-state index >= 15 is 0 Å². The van der Waals surface area contributed by atoms with Gasteiger partial charge in [-0.1, -0.05) is 12.1 Å². The molecule has 3 heterocycles. The molecular weight excluding hydrogens is 520 g/mol. The molecule has 0 aliphatic carbocycles. The molecule has 5 rings (SSSR count). The fraction of sp³-hybridized carbons (Fsp3) is 0.423. The number of ether oxygens (including phenoxy) is 3. The molecule has 0 radical (unpaired) electrons. The van der Waals surface area contributed by atoms with Crippen molar-refractivity contribution in [2.45, 2.75) is 55.1 Å². The number of aliphatic hydroxyl groups excluding tert-OH is 7. The van der Waals surface area contributed by atoms with Crippen molar-refractivity contribution in [3.63, 3.8) is 0 Å². The van der Waals surface area contributed by atoms with Crippen LogP contribution in [0.25, 0.3) is 22.1 Å². The number of aliphatic hydroxyl groups is 7. The predicted octanol–water partition coefficient (Wildman–Crippen LogP) is -1.50. The van der Waals surface area contributed by atoms with Crippen molar-refractivity contribution in [3.05, 3.63) is 58.4 Å². The second-order valence-electron chi connectivity index (χ2n) is 9.50. The second-order valence-corrected chi connectivity index (χ2v) is 9.50. The quantitative estimate of drug-likeness (QED) is 0.182. The Bertz CT molecular complexity index is 1370. The molecule has 210 valence electrons. The monoisotopic (exact) mass is 548 g/mol. The first-order valence-corrected chi connectivity index (χ1v) is 12.1. The Morgan fingerprint density at radius 3 is 2.28 bits per heavy atom. The van der Waals surface area contributed by atoms with Crippen molar-refractivity contribution >= 4 is 11.0 Å². The van der Waals surface area contributed by atoms with Crippen molar-refractivity contribution in [3.8, 4) is 22.6 Å². The maximum atomic E-state index is 13.5. The van der Waals surface area contributed by atoms with E-state index in [9.17, 15) is 45.6 Å². The summed E-state index contributed by atoms with van der Waals surface area (Å²) in [5.41, 5.74) is -0.124. The van der Waals surface area contributed by atoms with E-state index in [0.717, 1.165) is 6.26 Å². The largest absolute Gasteiger partial charge is 0.508 e. The zero-order chi connectivity index (χ0) is 28.0. The SMILES string of the molecule is O=c1c(-c2ccc(O)cc2)coc2c([C@@H]3O[C@H](CO)[C@@H](O)[C@H](O)[C@H]3O)c(OC3OC[C@@H](O)[C@H](O)[C@H]3O)ccc12. The second kappa shape index (κ2) is 10.8. The lowest BCUT2D eigenvalue weighted by Crippen LogP contribution is -2.56. The molecule has 0 spiro atoms. The molecule has 2 aliphatic rings. The van der Waals surface area contributed by atoms with Gasteiger partial charge in [-0.25, -0.2) is 0 Å². The van der Waals surface area contributed by atoms with Crippen LogP contribution in [0.4, 0.5) is 0 Å². The van der Waals surface area contributed by atoms with Gasteiger partial charge in [-0.3, -0.25) is 4.79 Å². The highest BCUT2D eigenvalue weighted by atomic mass is 16.7. The number of hydrogen-bond acceptors (Lipinski definition) is 13. The minimum absolute atomic E-state index is 0.000350. The molecule has 1 aromatic heterocycles. The van der Waals surface area contributed by atoms with Gasteiger partial charge in [0.25, 0.3) is 0 Å². The minimum Gasteiger partial charge on any atom is -0.508 e. The highest BCUT2D eigenvalue weighted by Crippen LogP contribution is 2.42. The molecule has 0 saturated carbocycles. The van der Waals surface area contributed by atoms with E-state index in [1.165, 1.54) is 36.4 Å². The zero-order valence-corrected chi connectivity index (χ0v) is 20.3. The van der Waals surface area contributed by atoms with Crippen LogP contribution in [-0.4, -0.2) is 103 Å². The van der Waals surface area contributed by atoms with E-state index in [-0.39, 0.29) is 40.2 Å². The van der Waals surface area contributed by atoms with Crippen LogP contribution in [0.15, 0.2) is 51.9 Å². The number of phenolic OH excluding ortho intramolecular Hbond substituents is 1. The summed E-state index contributed by atoms with van der Waals surface area (Å²) in [5.74, 6) is -0.139. The summed E-state index contributed by atoms with van der Waals surface area (Å²) in [6.07, 6.45) is -13.0. The maximum absolute atomic E-state index is 13.5. The Hall–Kier alpha value is -3.11. The van der Waals surface area contributed by atoms with Crippen LogP contribution in [0.5, 0.6) is 11.5 Å². The Balaban J connectivity index is 1.65.